The number of pyridine rings is 1. The van der Waals surface area contributed by atoms with Crippen LogP contribution in [0.15, 0.2) is 42.6 Å². The van der Waals surface area contributed by atoms with Gasteiger partial charge in [0.2, 0.25) is 0 Å². The third-order valence-corrected chi connectivity index (χ3v) is 3.07. The monoisotopic (exact) mass is 255 g/mol. The Morgan fingerprint density at radius 2 is 1.89 bits per heavy atom. The maximum atomic E-state index is 4.33. The van der Waals surface area contributed by atoms with Gasteiger partial charge in [-0.25, -0.2) is 4.98 Å². The zero-order chi connectivity index (χ0) is 13.7. The van der Waals surface area contributed by atoms with Crippen molar-refractivity contribution in [3.63, 3.8) is 0 Å². The van der Waals surface area contributed by atoms with E-state index in [0.29, 0.717) is 0 Å². The summed E-state index contributed by atoms with van der Waals surface area (Å²) in [5.74, 6) is 0.907. The number of nitrogens with zero attached hydrogens (tertiary/aromatic N) is 2. The molecule has 0 aliphatic heterocycles. The first-order chi connectivity index (χ1) is 9.17. The van der Waals surface area contributed by atoms with E-state index in [1.165, 1.54) is 16.7 Å². The minimum atomic E-state index is 0.907. The lowest BCUT2D eigenvalue weighted by atomic mass is 10.1. The number of benzene rings is 1. The molecule has 2 rings (SSSR count). The Morgan fingerprint density at radius 1 is 1.11 bits per heavy atom. The molecule has 19 heavy (non-hydrogen) atoms. The van der Waals surface area contributed by atoms with E-state index in [9.17, 15) is 0 Å². The summed E-state index contributed by atoms with van der Waals surface area (Å²) in [4.78, 5) is 6.63. The highest BCUT2D eigenvalue weighted by atomic mass is 15.1. The molecule has 1 aromatic carbocycles. The first-order valence-corrected chi connectivity index (χ1v) is 6.54. The van der Waals surface area contributed by atoms with Crippen molar-refractivity contribution >= 4 is 5.82 Å². The molecule has 3 nitrogen and oxygen atoms in total. The van der Waals surface area contributed by atoms with Crippen molar-refractivity contribution in [1.82, 2.24) is 9.88 Å². The lowest BCUT2D eigenvalue weighted by Crippen LogP contribution is -2.17. The van der Waals surface area contributed by atoms with Gasteiger partial charge in [0.1, 0.15) is 5.82 Å². The second-order valence-corrected chi connectivity index (χ2v) is 4.96. The average Bonchev–Trinajstić information content (AvgIpc) is 2.39. The molecule has 0 amide bonds. The number of aromatic nitrogens is 1. The average molecular weight is 255 g/mol. The van der Waals surface area contributed by atoms with Gasteiger partial charge in [0.25, 0.3) is 0 Å². The van der Waals surface area contributed by atoms with Crippen LogP contribution in [0.25, 0.3) is 0 Å². The summed E-state index contributed by atoms with van der Waals surface area (Å²) in [7, 11) is 4.01. The summed E-state index contributed by atoms with van der Waals surface area (Å²) in [6, 6.07) is 12.8. The molecular weight excluding hydrogens is 234 g/mol. The Bertz CT molecular complexity index is 520. The second-order valence-electron chi connectivity index (χ2n) is 4.96. The molecule has 0 bridgehead atoms. The molecule has 0 aliphatic carbocycles. The minimum absolute atomic E-state index is 0.907. The summed E-state index contributed by atoms with van der Waals surface area (Å²) in [6.07, 6.45) is 1.93. The van der Waals surface area contributed by atoms with Crippen LogP contribution in [-0.4, -0.2) is 24.0 Å². The zero-order valence-electron chi connectivity index (χ0n) is 11.9. The first kappa shape index (κ1) is 13.6. The van der Waals surface area contributed by atoms with Crippen LogP contribution >= 0.6 is 0 Å². The van der Waals surface area contributed by atoms with Gasteiger partial charge >= 0.3 is 0 Å². The second kappa shape index (κ2) is 6.34. The van der Waals surface area contributed by atoms with Gasteiger partial charge in [-0.05, 0) is 31.2 Å². The molecule has 3 heteroatoms. The predicted octanol–water partition coefficient (Wildman–Crippen LogP) is 3.06. The standard InChI is InChI=1S/C16H21N3/c1-13-5-4-6-14(9-13)11-19(3)12-15-7-8-16(17-2)18-10-15/h4-10H,11-12H2,1-3H3,(H,17,18). The highest BCUT2D eigenvalue weighted by Crippen LogP contribution is 2.10. The topological polar surface area (TPSA) is 28.2 Å². The largest absolute Gasteiger partial charge is 0.373 e. The maximum Gasteiger partial charge on any atom is 0.125 e. The van der Waals surface area contributed by atoms with E-state index < -0.39 is 0 Å². The predicted molar refractivity (Wildman–Crippen MR) is 80.1 cm³/mol. The Balaban J connectivity index is 1.95. The number of aryl methyl sites for hydroxylation is 1. The van der Waals surface area contributed by atoms with Crippen molar-refractivity contribution in [1.29, 1.82) is 0 Å². The molecule has 0 unspecified atom stereocenters. The van der Waals surface area contributed by atoms with Crippen LogP contribution in [-0.2, 0) is 13.1 Å². The zero-order valence-corrected chi connectivity index (χ0v) is 11.9. The number of hydrogen-bond acceptors (Lipinski definition) is 3. The van der Waals surface area contributed by atoms with Crippen molar-refractivity contribution in [2.45, 2.75) is 20.0 Å². The van der Waals surface area contributed by atoms with Gasteiger partial charge in [0.05, 0.1) is 0 Å². The van der Waals surface area contributed by atoms with Crippen molar-refractivity contribution in [3.8, 4) is 0 Å². The van der Waals surface area contributed by atoms with Gasteiger partial charge in [0, 0.05) is 26.3 Å². The number of anilines is 1. The van der Waals surface area contributed by atoms with E-state index in [1.54, 1.807) is 0 Å². The van der Waals surface area contributed by atoms with Crippen LogP contribution in [0.5, 0.6) is 0 Å². The number of rotatable bonds is 5. The Morgan fingerprint density at radius 3 is 2.53 bits per heavy atom. The van der Waals surface area contributed by atoms with E-state index >= 15 is 0 Å². The summed E-state index contributed by atoms with van der Waals surface area (Å²) < 4.78 is 0. The molecular formula is C16H21N3. The van der Waals surface area contributed by atoms with Gasteiger partial charge in [-0.1, -0.05) is 35.9 Å². The van der Waals surface area contributed by atoms with Crippen molar-refractivity contribution in [2.75, 3.05) is 19.4 Å². The van der Waals surface area contributed by atoms with Gasteiger partial charge in [-0.3, -0.25) is 4.90 Å². The maximum absolute atomic E-state index is 4.33. The summed E-state index contributed by atoms with van der Waals surface area (Å²) >= 11 is 0. The molecule has 1 heterocycles. The summed E-state index contributed by atoms with van der Waals surface area (Å²) in [5, 5.41) is 3.03. The van der Waals surface area contributed by atoms with E-state index in [0.717, 1.165) is 18.9 Å². The summed E-state index contributed by atoms with van der Waals surface area (Å²) in [6.45, 7) is 3.99. The fourth-order valence-corrected chi connectivity index (χ4v) is 2.16. The quantitative estimate of drug-likeness (QED) is 0.890. The highest BCUT2D eigenvalue weighted by Gasteiger charge is 2.02. The van der Waals surface area contributed by atoms with Crippen molar-refractivity contribution < 1.29 is 0 Å². The van der Waals surface area contributed by atoms with Crippen LogP contribution in [0.3, 0.4) is 0 Å². The molecule has 0 aliphatic rings. The molecule has 0 fully saturated rings. The van der Waals surface area contributed by atoms with Crippen molar-refractivity contribution in [2.24, 2.45) is 0 Å². The summed E-state index contributed by atoms with van der Waals surface area (Å²) in [5.41, 5.74) is 3.89. The number of hydrogen-bond donors (Lipinski definition) is 1. The molecule has 0 spiro atoms. The first-order valence-electron chi connectivity index (χ1n) is 6.54. The van der Waals surface area contributed by atoms with Crippen LogP contribution < -0.4 is 5.32 Å². The van der Waals surface area contributed by atoms with Gasteiger partial charge in [0.15, 0.2) is 0 Å². The molecule has 0 saturated carbocycles. The number of nitrogens with one attached hydrogen (secondary N) is 1. The minimum Gasteiger partial charge on any atom is -0.373 e. The highest BCUT2D eigenvalue weighted by molar-refractivity contribution is 5.34. The SMILES string of the molecule is CNc1ccc(CN(C)Cc2cccc(C)c2)cn1. The van der Waals surface area contributed by atoms with Crippen LogP contribution in [0.4, 0.5) is 5.82 Å². The third kappa shape index (κ3) is 4.07. The van der Waals surface area contributed by atoms with Gasteiger partial charge < -0.3 is 5.32 Å². The lowest BCUT2D eigenvalue weighted by molar-refractivity contribution is 0.318. The van der Waals surface area contributed by atoms with E-state index in [4.69, 9.17) is 0 Å². The molecule has 100 valence electrons. The van der Waals surface area contributed by atoms with E-state index in [2.05, 4.69) is 59.5 Å². The third-order valence-electron chi connectivity index (χ3n) is 3.07. The van der Waals surface area contributed by atoms with Crippen LogP contribution in [0.1, 0.15) is 16.7 Å². The van der Waals surface area contributed by atoms with Gasteiger partial charge in [-0.15, -0.1) is 0 Å². The van der Waals surface area contributed by atoms with E-state index in [-0.39, 0.29) is 0 Å². The Kier molecular flexibility index (Phi) is 4.53. The fourth-order valence-electron chi connectivity index (χ4n) is 2.16. The molecule has 0 atom stereocenters. The molecule has 0 radical (unpaired) electrons. The molecule has 0 saturated heterocycles. The van der Waals surface area contributed by atoms with Crippen molar-refractivity contribution in [3.05, 3.63) is 59.3 Å². The smallest absolute Gasteiger partial charge is 0.125 e. The molecule has 1 N–H and O–H groups in total. The normalized spacial score (nSPS) is 10.7. The lowest BCUT2D eigenvalue weighted by Gasteiger charge is -2.17. The fraction of sp³-hybridized carbons (Fsp3) is 0.312. The Labute approximate surface area is 115 Å². The Hall–Kier alpha value is -1.87. The van der Waals surface area contributed by atoms with Gasteiger partial charge in [-0.2, -0.15) is 0 Å². The van der Waals surface area contributed by atoms with Crippen LogP contribution in [0.2, 0.25) is 0 Å². The molecule has 1 aromatic heterocycles. The van der Waals surface area contributed by atoms with E-state index in [1.807, 2.05) is 19.3 Å². The van der Waals surface area contributed by atoms with Crippen LogP contribution in [0, 0.1) is 6.92 Å². The molecule has 2 aromatic rings.